The van der Waals surface area contributed by atoms with Crippen molar-refractivity contribution in [1.29, 1.82) is 0 Å². The Kier molecular flexibility index (Phi) is 7.09. The molecule has 0 aromatic rings. The maximum atomic E-state index is 5.76. The Bertz CT molecular complexity index is 186. The van der Waals surface area contributed by atoms with Crippen molar-refractivity contribution in [2.75, 3.05) is 32.7 Å². The molecule has 0 aromatic carbocycles. The highest BCUT2D eigenvalue weighted by Gasteiger charge is 2.19. The largest absolute Gasteiger partial charge is 0.328 e. The lowest BCUT2D eigenvalue weighted by molar-refractivity contribution is 0.0994. The fraction of sp³-hybridized carbons (Fsp3) is 1.00. The Morgan fingerprint density at radius 3 is 2.24 bits per heavy atom. The van der Waals surface area contributed by atoms with Gasteiger partial charge in [-0.25, -0.2) is 0 Å². The molecular formula is C14H31N3. The first-order valence-electron chi connectivity index (χ1n) is 7.35. The third-order valence-electron chi connectivity index (χ3n) is 4.00. The number of nitrogens with two attached hydrogens (primary N) is 1. The lowest BCUT2D eigenvalue weighted by atomic mass is 10.1. The Hall–Kier alpha value is -0.120. The first kappa shape index (κ1) is 14.9. The van der Waals surface area contributed by atoms with E-state index in [2.05, 4.69) is 30.6 Å². The van der Waals surface area contributed by atoms with Crippen LogP contribution in [-0.2, 0) is 0 Å². The number of rotatable bonds is 7. The van der Waals surface area contributed by atoms with E-state index in [-0.39, 0.29) is 0 Å². The molecule has 3 heteroatoms. The minimum Gasteiger partial charge on any atom is -0.328 e. The summed E-state index contributed by atoms with van der Waals surface area (Å²) < 4.78 is 0. The first-order valence-corrected chi connectivity index (χ1v) is 7.35. The van der Waals surface area contributed by atoms with Crippen molar-refractivity contribution >= 4 is 0 Å². The number of unbranched alkanes of at least 4 members (excludes halogenated alkanes) is 1. The smallest absolute Gasteiger partial charge is 0.0113 e. The minimum atomic E-state index is 0.372. The van der Waals surface area contributed by atoms with Crippen LogP contribution in [-0.4, -0.2) is 54.6 Å². The summed E-state index contributed by atoms with van der Waals surface area (Å²) >= 11 is 0. The molecule has 102 valence electrons. The quantitative estimate of drug-likeness (QED) is 0.691. The molecule has 3 nitrogen and oxygen atoms in total. The number of hydrogen-bond donors (Lipinski definition) is 1. The summed E-state index contributed by atoms with van der Waals surface area (Å²) in [7, 11) is 0. The summed E-state index contributed by atoms with van der Waals surface area (Å²) in [4.78, 5) is 5.23. The molecule has 1 heterocycles. The molecule has 1 rings (SSSR count). The van der Waals surface area contributed by atoms with Gasteiger partial charge in [0.2, 0.25) is 0 Å². The number of hydrogen-bond acceptors (Lipinski definition) is 3. The highest BCUT2D eigenvalue weighted by molar-refractivity contribution is 4.75. The van der Waals surface area contributed by atoms with Crippen molar-refractivity contribution in [3.05, 3.63) is 0 Å². The van der Waals surface area contributed by atoms with Gasteiger partial charge in [-0.3, -0.25) is 4.90 Å². The Balaban J connectivity index is 2.07. The van der Waals surface area contributed by atoms with E-state index in [1.165, 1.54) is 58.4 Å². The zero-order chi connectivity index (χ0) is 12.7. The van der Waals surface area contributed by atoms with E-state index in [1.54, 1.807) is 0 Å². The molecule has 0 aromatic heterocycles. The van der Waals surface area contributed by atoms with E-state index in [0.29, 0.717) is 6.04 Å². The van der Waals surface area contributed by atoms with Gasteiger partial charge in [0, 0.05) is 38.3 Å². The molecule has 17 heavy (non-hydrogen) atoms. The third kappa shape index (κ3) is 5.84. The van der Waals surface area contributed by atoms with Crippen LogP contribution in [0.1, 0.15) is 46.5 Å². The Labute approximate surface area is 107 Å². The zero-order valence-corrected chi connectivity index (χ0v) is 12.0. The van der Waals surface area contributed by atoms with Crippen LogP contribution in [0.2, 0.25) is 0 Å². The van der Waals surface area contributed by atoms with E-state index < -0.39 is 0 Å². The second kappa shape index (κ2) is 8.06. The van der Waals surface area contributed by atoms with Gasteiger partial charge in [-0.15, -0.1) is 0 Å². The summed E-state index contributed by atoms with van der Waals surface area (Å²) in [5.74, 6) is 0. The standard InChI is InChI=1S/C14H31N3/c1-4-14(3)17-11-9-16(10-12-17)8-6-5-7-13(2)15/h13-14H,4-12,15H2,1-3H3. The molecule has 1 saturated heterocycles. The number of nitrogens with zero attached hydrogens (tertiary/aromatic N) is 2. The van der Waals surface area contributed by atoms with Gasteiger partial charge >= 0.3 is 0 Å². The number of piperazine rings is 1. The van der Waals surface area contributed by atoms with Gasteiger partial charge in [0.1, 0.15) is 0 Å². The monoisotopic (exact) mass is 241 g/mol. The van der Waals surface area contributed by atoms with Crippen molar-refractivity contribution in [3.8, 4) is 0 Å². The van der Waals surface area contributed by atoms with Crippen LogP contribution in [0.25, 0.3) is 0 Å². The van der Waals surface area contributed by atoms with Gasteiger partial charge in [-0.05, 0) is 39.7 Å². The molecule has 0 radical (unpaired) electrons. The highest BCUT2D eigenvalue weighted by atomic mass is 15.3. The van der Waals surface area contributed by atoms with Gasteiger partial charge in [-0.2, -0.15) is 0 Å². The van der Waals surface area contributed by atoms with Crippen molar-refractivity contribution < 1.29 is 0 Å². The van der Waals surface area contributed by atoms with E-state index in [4.69, 9.17) is 5.73 Å². The SMILES string of the molecule is CCC(C)N1CCN(CCCCC(C)N)CC1. The summed E-state index contributed by atoms with van der Waals surface area (Å²) in [5.41, 5.74) is 5.76. The van der Waals surface area contributed by atoms with Crippen LogP contribution < -0.4 is 5.73 Å². The predicted molar refractivity (Wildman–Crippen MR) is 75.3 cm³/mol. The molecule has 2 N–H and O–H groups in total. The van der Waals surface area contributed by atoms with Crippen molar-refractivity contribution in [1.82, 2.24) is 9.80 Å². The van der Waals surface area contributed by atoms with Gasteiger partial charge in [-0.1, -0.05) is 13.3 Å². The van der Waals surface area contributed by atoms with E-state index in [0.717, 1.165) is 6.04 Å². The zero-order valence-electron chi connectivity index (χ0n) is 12.0. The fourth-order valence-corrected chi connectivity index (χ4v) is 2.49. The summed E-state index contributed by atoms with van der Waals surface area (Å²) in [5, 5.41) is 0. The van der Waals surface area contributed by atoms with Crippen molar-refractivity contribution in [3.63, 3.8) is 0 Å². The van der Waals surface area contributed by atoms with Crippen LogP contribution in [0, 0.1) is 0 Å². The van der Waals surface area contributed by atoms with E-state index in [9.17, 15) is 0 Å². The first-order chi connectivity index (χ1) is 8.13. The summed E-state index contributed by atoms with van der Waals surface area (Å²) in [6.45, 7) is 13.0. The van der Waals surface area contributed by atoms with Crippen LogP contribution in [0.3, 0.4) is 0 Å². The van der Waals surface area contributed by atoms with Gasteiger partial charge in [0.15, 0.2) is 0 Å². The molecular weight excluding hydrogens is 210 g/mol. The topological polar surface area (TPSA) is 32.5 Å². The van der Waals surface area contributed by atoms with Crippen molar-refractivity contribution in [2.24, 2.45) is 5.73 Å². The van der Waals surface area contributed by atoms with Crippen LogP contribution in [0.15, 0.2) is 0 Å². The summed E-state index contributed by atoms with van der Waals surface area (Å²) in [6.07, 6.45) is 5.04. The fourth-order valence-electron chi connectivity index (χ4n) is 2.49. The summed E-state index contributed by atoms with van der Waals surface area (Å²) in [6, 6.07) is 1.13. The van der Waals surface area contributed by atoms with Crippen LogP contribution in [0.4, 0.5) is 0 Å². The molecule has 2 unspecified atom stereocenters. The molecule has 0 amide bonds. The lowest BCUT2D eigenvalue weighted by Crippen LogP contribution is -2.49. The molecule has 0 bridgehead atoms. The second-order valence-electron chi connectivity index (χ2n) is 5.61. The molecule has 1 aliphatic rings. The van der Waals surface area contributed by atoms with E-state index in [1.807, 2.05) is 0 Å². The second-order valence-corrected chi connectivity index (χ2v) is 5.61. The molecule has 1 aliphatic heterocycles. The maximum absolute atomic E-state index is 5.76. The molecule has 2 atom stereocenters. The lowest BCUT2D eigenvalue weighted by Gasteiger charge is -2.37. The highest BCUT2D eigenvalue weighted by Crippen LogP contribution is 2.09. The third-order valence-corrected chi connectivity index (χ3v) is 4.00. The van der Waals surface area contributed by atoms with Gasteiger partial charge in [0.05, 0.1) is 0 Å². The van der Waals surface area contributed by atoms with Gasteiger partial charge in [0.25, 0.3) is 0 Å². The normalized spacial score (nSPS) is 22.6. The van der Waals surface area contributed by atoms with Gasteiger partial charge < -0.3 is 10.6 Å². The molecule has 0 spiro atoms. The van der Waals surface area contributed by atoms with Crippen LogP contribution in [0.5, 0.6) is 0 Å². The van der Waals surface area contributed by atoms with Crippen LogP contribution >= 0.6 is 0 Å². The molecule has 1 fully saturated rings. The Morgan fingerprint density at radius 1 is 1.06 bits per heavy atom. The predicted octanol–water partition coefficient (Wildman–Crippen LogP) is 1.92. The minimum absolute atomic E-state index is 0.372. The average molecular weight is 241 g/mol. The Morgan fingerprint density at radius 2 is 1.71 bits per heavy atom. The van der Waals surface area contributed by atoms with E-state index >= 15 is 0 Å². The maximum Gasteiger partial charge on any atom is 0.0113 e. The molecule has 0 saturated carbocycles. The molecule has 0 aliphatic carbocycles. The van der Waals surface area contributed by atoms with Crippen molar-refractivity contribution in [2.45, 2.75) is 58.5 Å². The average Bonchev–Trinajstić information content (AvgIpc) is 2.34.